The molecule has 1 fully saturated rings. The molecule has 0 aliphatic carbocycles. The van der Waals surface area contributed by atoms with Crippen LogP contribution < -0.4 is 10.6 Å². The number of benzene rings is 1. The van der Waals surface area contributed by atoms with Gasteiger partial charge in [-0.1, -0.05) is 23.9 Å². The van der Waals surface area contributed by atoms with Gasteiger partial charge in [0.15, 0.2) is 0 Å². The van der Waals surface area contributed by atoms with E-state index in [1.54, 1.807) is 0 Å². The van der Waals surface area contributed by atoms with E-state index >= 15 is 0 Å². The van der Waals surface area contributed by atoms with Gasteiger partial charge in [0.25, 0.3) is 5.24 Å². The molecule has 7 heteroatoms. The Hall–Kier alpha value is -2.02. The number of nitrogens with zero attached hydrogens (tertiary/aromatic N) is 1. The standard InChI is InChI=1S/C13H14N4O2S/c18-12(10-7-20-13(19)17-10)14-6-5-11-15-8-3-1-2-4-9(8)16-11/h1-4,10H,5-7H2,(H,14,18)(H,15,16)(H,17,19). The first kappa shape index (κ1) is 13.0. The normalized spacial score (nSPS) is 18.2. The van der Waals surface area contributed by atoms with E-state index in [2.05, 4.69) is 20.6 Å². The second kappa shape index (κ2) is 5.54. The monoisotopic (exact) mass is 290 g/mol. The summed E-state index contributed by atoms with van der Waals surface area (Å²) < 4.78 is 0. The van der Waals surface area contributed by atoms with Crippen molar-refractivity contribution < 1.29 is 9.59 Å². The van der Waals surface area contributed by atoms with Gasteiger partial charge in [-0.25, -0.2) is 4.98 Å². The zero-order valence-corrected chi connectivity index (χ0v) is 11.5. The highest BCUT2D eigenvalue weighted by Gasteiger charge is 2.27. The third-order valence-corrected chi connectivity index (χ3v) is 3.97. The van der Waals surface area contributed by atoms with Crippen molar-refractivity contribution >= 4 is 33.9 Å². The fourth-order valence-electron chi connectivity index (χ4n) is 2.08. The summed E-state index contributed by atoms with van der Waals surface area (Å²) in [5.74, 6) is 1.20. The highest BCUT2D eigenvalue weighted by Crippen LogP contribution is 2.13. The predicted octanol–water partition coefficient (Wildman–Crippen LogP) is 1.05. The van der Waals surface area contributed by atoms with Crippen LogP contribution in [0.25, 0.3) is 11.0 Å². The molecule has 104 valence electrons. The molecular formula is C13H14N4O2S. The zero-order chi connectivity index (χ0) is 13.9. The van der Waals surface area contributed by atoms with E-state index < -0.39 is 6.04 Å². The number of para-hydroxylation sites is 2. The summed E-state index contributed by atoms with van der Waals surface area (Å²) in [5, 5.41) is 5.29. The Balaban J connectivity index is 1.52. The smallest absolute Gasteiger partial charge is 0.279 e. The lowest BCUT2D eigenvalue weighted by Gasteiger charge is -2.09. The van der Waals surface area contributed by atoms with Gasteiger partial charge in [0.05, 0.1) is 11.0 Å². The van der Waals surface area contributed by atoms with E-state index in [-0.39, 0.29) is 11.1 Å². The minimum Gasteiger partial charge on any atom is -0.354 e. The van der Waals surface area contributed by atoms with Crippen molar-refractivity contribution in [1.82, 2.24) is 20.6 Å². The second-order valence-corrected chi connectivity index (χ2v) is 5.53. The van der Waals surface area contributed by atoms with Crippen molar-refractivity contribution in [3.63, 3.8) is 0 Å². The molecule has 2 aromatic rings. The SMILES string of the molecule is O=C1NC(C(=O)NCCc2nc3ccccc3[nH]2)CS1. The van der Waals surface area contributed by atoms with Gasteiger partial charge in [0.1, 0.15) is 11.9 Å². The Morgan fingerprint density at radius 1 is 1.45 bits per heavy atom. The van der Waals surface area contributed by atoms with Gasteiger partial charge in [-0.05, 0) is 12.1 Å². The Bertz CT molecular complexity index is 622. The summed E-state index contributed by atoms with van der Waals surface area (Å²) >= 11 is 1.14. The van der Waals surface area contributed by atoms with E-state index in [1.807, 2.05) is 24.3 Å². The maximum atomic E-state index is 11.8. The molecule has 1 aromatic heterocycles. The first-order chi connectivity index (χ1) is 9.72. The predicted molar refractivity (Wildman–Crippen MR) is 77.6 cm³/mol. The molecule has 6 nitrogen and oxygen atoms in total. The number of aromatic nitrogens is 2. The number of thioether (sulfide) groups is 1. The van der Waals surface area contributed by atoms with Crippen LogP contribution in [0.15, 0.2) is 24.3 Å². The number of aromatic amines is 1. The number of carbonyl (C=O) groups is 2. The summed E-state index contributed by atoms with van der Waals surface area (Å²) in [5.41, 5.74) is 1.92. The number of nitrogens with one attached hydrogen (secondary N) is 3. The van der Waals surface area contributed by atoms with Crippen molar-refractivity contribution in [2.75, 3.05) is 12.3 Å². The lowest BCUT2D eigenvalue weighted by molar-refractivity contribution is -0.122. The summed E-state index contributed by atoms with van der Waals surface area (Å²) in [6.45, 7) is 0.496. The molecule has 20 heavy (non-hydrogen) atoms. The van der Waals surface area contributed by atoms with Gasteiger partial charge in [-0.2, -0.15) is 0 Å². The van der Waals surface area contributed by atoms with Crippen LogP contribution in [-0.2, 0) is 11.2 Å². The number of H-pyrrole nitrogens is 1. The number of fused-ring (bicyclic) bond motifs is 1. The average molecular weight is 290 g/mol. The Morgan fingerprint density at radius 3 is 3.05 bits per heavy atom. The number of imidazole rings is 1. The molecule has 1 aliphatic heterocycles. The maximum absolute atomic E-state index is 11.8. The molecule has 0 radical (unpaired) electrons. The molecule has 0 saturated carbocycles. The van der Waals surface area contributed by atoms with Gasteiger partial charge < -0.3 is 15.6 Å². The molecule has 2 amide bonds. The lowest BCUT2D eigenvalue weighted by Crippen LogP contribution is -2.43. The van der Waals surface area contributed by atoms with E-state index in [1.165, 1.54) is 0 Å². The number of carbonyl (C=O) groups excluding carboxylic acids is 2. The van der Waals surface area contributed by atoms with Crippen LogP contribution >= 0.6 is 11.8 Å². The Kier molecular flexibility index (Phi) is 3.60. The molecule has 1 aliphatic rings. The van der Waals surface area contributed by atoms with Crippen LogP contribution in [0.2, 0.25) is 0 Å². The van der Waals surface area contributed by atoms with E-state index in [4.69, 9.17) is 0 Å². The van der Waals surface area contributed by atoms with E-state index in [0.29, 0.717) is 18.7 Å². The van der Waals surface area contributed by atoms with Gasteiger partial charge in [-0.15, -0.1) is 0 Å². The molecule has 2 heterocycles. The fraction of sp³-hybridized carbons (Fsp3) is 0.308. The Labute approximate surface area is 119 Å². The first-order valence-corrected chi connectivity index (χ1v) is 7.35. The zero-order valence-electron chi connectivity index (χ0n) is 10.7. The third-order valence-electron chi connectivity index (χ3n) is 3.09. The minimum atomic E-state index is -0.414. The molecule has 1 saturated heterocycles. The van der Waals surface area contributed by atoms with Crippen LogP contribution in [-0.4, -0.2) is 39.5 Å². The second-order valence-electron chi connectivity index (χ2n) is 4.54. The van der Waals surface area contributed by atoms with Gasteiger partial charge in [-0.3, -0.25) is 9.59 Å². The number of rotatable bonds is 4. The van der Waals surface area contributed by atoms with Crippen molar-refractivity contribution in [2.45, 2.75) is 12.5 Å². The highest BCUT2D eigenvalue weighted by molar-refractivity contribution is 8.14. The first-order valence-electron chi connectivity index (χ1n) is 6.37. The van der Waals surface area contributed by atoms with E-state index in [9.17, 15) is 9.59 Å². The third kappa shape index (κ3) is 2.77. The molecule has 1 aromatic carbocycles. The van der Waals surface area contributed by atoms with E-state index in [0.717, 1.165) is 28.6 Å². The highest BCUT2D eigenvalue weighted by atomic mass is 32.2. The Morgan fingerprint density at radius 2 is 2.30 bits per heavy atom. The summed E-state index contributed by atoms with van der Waals surface area (Å²) in [6, 6.07) is 7.39. The minimum absolute atomic E-state index is 0.137. The molecule has 0 bridgehead atoms. The average Bonchev–Trinajstić information content (AvgIpc) is 3.04. The molecule has 0 spiro atoms. The van der Waals surface area contributed by atoms with Crippen molar-refractivity contribution in [3.05, 3.63) is 30.1 Å². The molecule has 3 rings (SSSR count). The van der Waals surface area contributed by atoms with Crippen LogP contribution in [0.5, 0.6) is 0 Å². The largest absolute Gasteiger partial charge is 0.354 e. The van der Waals surface area contributed by atoms with Gasteiger partial charge in [0, 0.05) is 18.7 Å². The van der Waals surface area contributed by atoms with Crippen LogP contribution in [0.4, 0.5) is 4.79 Å². The lowest BCUT2D eigenvalue weighted by atomic mass is 10.3. The van der Waals surface area contributed by atoms with Crippen LogP contribution in [0.1, 0.15) is 5.82 Å². The number of hydrogen-bond acceptors (Lipinski definition) is 4. The summed E-state index contributed by atoms with van der Waals surface area (Å²) in [4.78, 5) is 30.4. The van der Waals surface area contributed by atoms with Crippen LogP contribution in [0, 0.1) is 0 Å². The molecule has 3 N–H and O–H groups in total. The van der Waals surface area contributed by atoms with Crippen LogP contribution in [0.3, 0.4) is 0 Å². The molecular weight excluding hydrogens is 276 g/mol. The fourth-order valence-corrected chi connectivity index (χ4v) is 2.86. The topological polar surface area (TPSA) is 86.9 Å². The van der Waals surface area contributed by atoms with Gasteiger partial charge >= 0.3 is 0 Å². The summed E-state index contributed by atoms with van der Waals surface area (Å²) in [6.07, 6.45) is 0.633. The van der Waals surface area contributed by atoms with Crippen molar-refractivity contribution in [1.29, 1.82) is 0 Å². The van der Waals surface area contributed by atoms with Gasteiger partial charge in [0.2, 0.25) is 5.91 Å². The summed E-state index contributed by atoms with van der Waals surface area (Å²) in [7, 11) is 0. The number of hydrogen-bond donors (Lipinski definition) is 3. The quantitative estimate of drug-likeness (QED) is 0.785. The van der Waals surface area contributed by atoms with Crippen molar-refractivity contribution in [2.24, 2.45) is 0 Å². The maximum Gasteiger partial charge on any atom is 0.279 e. The molecule has 1 atom stereocenters. The van der Waals surface area contributed by atoms with Crippen molar-refractivity contribution in [3.8, 4) is 0 Å². The number of amides is 2. The molecule has 1 unspecified atom stereocenters.